The number of ether oxygens (including phenoxy) is 1. The average molecular weight is 849 g/mol. The van der Waals surface area contributed by atoms with Crippen molar-refractivity contribution in [3.63, 3.8) is 0 Å². The quantitative estimate of drug-likeness (QED) is 0.129. The number of rotatable bonds is 8. The number of pyridine rings is 1. The highest BCUT2D eigenvalue weighted by Crippen LogP contribution is 2.44. The van der Waals surface area contributed by atoms with Gasteiger partial charge in [-0.2, -0.15) is 0 Å². The van der Waals surface area contributed by atoms with Crippen LogP contribution < -0.4 is 31.1 Å². The lowest BCUT2D eigenvalue weighted by Crippen LogP contribution is -2.49. The highest BCUT2D eigenvalue weighted by molar-refractivity contribution is 6.30. The number of aromatic nitrogens is 3. The number of halogens is 3. The smallest absolute Gasteiger partial charge is 0.341 e. The van der Waals surface area contributed by atoms with Gasteiger partial charge in [0.25, 0.3) is 0 Å². The Bertz CT molecular complexity index is 2840. The van der Waals surface area contributed by atoms with Crippen LogP contribution in [0.15, 0.2) is 107 Å². The molecule has 0 spiro atoms. The second-order valence-electron chi connectivity index (χ2n) is 15.4. The van der Waals surface area contributed by atoms with Crippen molar-refractivity contribution < 1.29 is 19.0 Å². The molecule has 308 valence electrons. The van der Waals surface area contributed by atoms with Crippen LogP contribution in [0.25, 0.3) is 39.0 Å². The molecule has 1 unspecified atom stereocenters. The Hall–Kier alpha value is -5.95. The lowest BCUT2D eigenvalue weighted by atomic mass is 10.1. The molecule has 1 aromatic heterocycles. The van der Waals surface area contributed by atoms with Crippen molar-refractivity contribution in [2.45, 2.75) is 51.7 Å². The van der Waals surface area contributed by atoms with Crippen molar-refractivity contribution >= 4 is 68.2 Å². The summed E-state index contributed by atoms with van der Waals surface area (Å²) in [4.78, 5) is 36.0. The molecule has 1 saturated carbocycles. The van der Waals surface area contributed by atoms with E-state index >= 15 is 4.39 Å². The second kappa shape index (κ2) is 17.0. The zero-order chi connectivity index (χ0) is 42.2. The van der Waals surface area contributed by atoms with Gasteiger partial charge in [0.2, 0.25) is 5.43 Å². The van der Waals surface area contributed by atoms with Crippen molar-refractivity contribution in [1.29, 1.82) is 0 Å². The minimum absolute atomic E-state index is 0.0445. The molecule has 14 heteroatoms. The fourth-order valence-electron chi connectivity index (χ4n) is 7.74. The molecule has 3 heterocycles. The zero-order valence-electron chi connectivity index (χ0n) is 33.5. The third-order valence-corrected chi connectivity index (χ3v) is 11.1. The van der Waals surface area contributed by atoms with Crippen molar-refractivity contribution in [1.82, 2.24) is 19.4 Å². The number of nitrogens with zero attached hydrogens (tertiary/aromatic N) is 5. The first-order chi connectivity index (χ1) is 28.9. The Labute approximate surface area is 356 Å². The molecule has 9 rings (SSSR count). The molecule has 0 amide bonds. The Morgan fingerprint density at radius 1 is 1.02 bits per heavy atom. The van der Waals surface area contributed by atoms with Crippen LogP contribution in [-0.2, 0) is 0 Å². The van der Waals surface area contributed by atoms with Crippen LogP contribution in [-0.4, -0.2) is 64.0 Å². The van der Waals surface area contributed by atoms with Crippen LogP contribution >= 0.6 is 23.2 Å². The van der Waals surface area contributed by atoms with Gasteiger partial charge in [-0.25, -0.2) is 14.2 Å². The molecule has 2 aliphatic heterocycles. The molecule has 11 nitrogen and oxygen atoms in total. The maximum absolute atomic E-state index is 15.1. The monoisotopic (exact) mass is 847 g/mol. The van der Waals surface area contributed by atoms with E-state index in [-0.39, 0.29) is 29.1 Å². The molecular formula is C46H44Cl2FN7O4. The first kappa shape index (κ1) is 40.8. The number of aromatic carboxylic acids is 1. The molecule has 2 fully saturated rings. The average Bonchev–Trinajstić information content (AvgIpc) is 4.07. The first-order valence-corrected chi connectivity index (χ1v) is 20.6. The number of hydrogen-bond donors (Lipinski definition) is 3. The van der Waals surface area contributed by atoms with E-state index in [0.717, 1.165) is 70.3 Å². The predicted molar refractivity (Wildman–Crippen MR) is 238 cm³/mol. The molecule has 0 bridgehead atoms. The van der Waals surface area contributed by atoms with E-state index in [0.29, 0.717) is 40.1 Å². The number of para-hydroxylation sites is 2. The molecule has 0 radical (unpaired) electrons. The molecule has 5 aromatic rings. The van der Waals surface area contributed by atoms with Crippen LogP contribution in [0.4, 0.5) is 21.5 Å². The van der Waals surface area contributed by atoms with Crippen molar-refractivity contribution in [2.24, 2.45) is 4.99 Å². The van der Waals surface area contributed by atoms with Gasteiger partial charge in [0.15, 0.2) is 11.6 Å². The number of anilines is 3. The summed E-state index contributed by atoms with van der Waals surface area (Å²) in [7, 11) is 1.45. The number of carboxylic acid groups (broad SMARTS) is 1. The first-order valence-electron chi connectivity index (χ1n) is 19.8. The topological polar surface area (TPSA) is 126 Å². The summed E-state index contributed by atoms with van der Waals surface area (Å²) < 4.78 is 24.7. The van der Waals surface area contributed by atoms with E-state index in [9.17, 15) is 14.7 Å². The summed E-state index contributed by atoms with van der Waals surface area (Å²) in [6.45, 7) is 8.11. The summed E-state index contributed by atoms with van der Waals surface area (Å²) in [5.41, 5.74) is 6.36. The van der Waals surface area contributed by atoms with Crippen LogP contribution in [0, 0.1) is 5.82 Å². The van der Waals surface area contributed by atoms with Gasteiger partial charge in [0.1, 0.15) is 11.3 Å². The van der Waals surface area contributed by atoms with Gasteiger partial charge in [0.05, 0.1) is 51.5 Å². The third-order valence-electron chi connectivity index (χ3n) is 10.6. The number of nitrogens with one attached hydrogen (secondary N) is 2. The van der Waals surface area contributed by atoms with Gasteiger partial charge >= 0.3 is 5.97 Å². The van der Waals surface area contributed by atoms with Gasteiger partial charge in [-0.05, 0) is 112 Å². The molecule has 2 aliphatic carbocycles. The summed E-state index contributed by atoms with van der Waals surface area (Å²) in [6.07, 6.45) is 3.14. The predicted octanol–water partition coefficient (Wildman–Crippen LogP) is 9.47. The van der Waals surface area contributed by atoms with E-state index in [2.05, 4.69) is 47.2 Å². The Kier molecular flexibility index (Phi) is 11.5. The Morgan fingerprint density at radius 3 is 2.37 bits per heavy atom. The van der Waals surface area contributed by atoms with Crippen molar-refractivity contribution in [3.8, 4) is 22.8 Å². The van der Waals surface area contributed by atoms with E-state index in [1.165, 1.54) is 13.3 Å². The number of benzene rings is 5. The number of piperazine rings is 1. The van der Waals surface area contributed by atoms with Gasteiger partial charge in [-0.1, -0.05) is 35.3 Å². The standard InChI is InChI=1S/C27H22Cl2N4.C19H22FN3O4/c1-17(2)30-24-16-27-25(15-23(24)31-20-11-7-18(28)8-12-20)32-22-5-3-4-6-26(22)33(27)21-13-9-19(29)10-14-21;1-10-8-22(6-5-21-10)16-14(20)7-12-15(18(16)27-2)23(11-3-4-11)9-13(17(12)24)19(25)26/h3-17,31H,1-2H3;7,9-11,21H,3-6,8H2,1-2H3,(H,25,26). The summed E-state index contributed by atoms with van der Waals surface area (Å²) in [5.74, 6) is -1.59. The molecule has 60 heavy (non-hydrogen) atoms. The minimum Gasteiger partial charge on any atom is -0.492 e. The van der Waals surface area contributed by atoms with E-state index in [1.807, 2.05) is 78.6 Å². The molecule has 3 N–H and O–H groups in total. The molecule has 1 saturated heterocycles. The van der Waals surface area contributed by atoms with E-state index < -0.39 is 17.2 Å². The van der Waals surface area contributed by atoms with Gasteiger partial charge in [0, 0.05) is 65.4 Å². The van der Waals surface area contributed by atoms with Crippen LogP contribution in [0.2, 0.25) is 10.0 Å². The highest BCUT2D eigenvalue weighted by atomic mass is 35.5. The van der Waals surface area contributed by atoms with E-state index in [1.54, 1.807) is 4.57 Å². The molecule has 4 aliphatic rings. The van der Waals surface area contributed by atoms with Crippen LogP contribution in [0.1, 0.15) is 50.0 Å². The number of carboxylic acids is 1. The number of methoxy groups -OCH3 is 1. The lowest BCUT2D eigenvalue weighted by Gasteiger charge is -2.35. The van der Waals surface area contributed by atoms with Gasteiger partial charge in [-0.3, -0.25) is 9.79 Å². The third kappa shape index (κ3) is 8.27. The number of carbonyl (C=O) groups is 1. The molecule has 4 aromatic carbocycles. The number of hydrogen-bond acceptors (Lipinski definition) is 8. The fourth-order valence-corrected chi connectivity index (χ4v) is 8.00. The second-order valence-corrected chi connectivity index (χ2v) is 16.3. The van der Waals surface area contributed by atoms with Crippen LogP contribution in [0.5, 0.6) is 5.75 Å². The van der Waals surface area contributed by atoms with E-state index in [4.69, 9.17) is 37.9 Å². The largest absolute Gasteiger partial charge is 0.492 e. The number of fused-ring (bicyclic) bond motifs is 3. The maximum Gasteiger partial charge on any atom is 0.341 e. The molecular weight excluding hydrogens is 804 g/mol. The lowest BCUT2D eigenvalue weighted by molar-refractivity contribution is 0.0694. The fraction of sp³-hybridized carbons (Fsp3) is 0.261. The van der Waals surface area contributed by atoms with Crippen LogP contribution in [0.3, 0.4) is 0 Å². The normalized spacial score (nSPS) is 15.7. The Balaban J connectivity index is 0.000000170. The van der Waals surface area contributed by atoms with Crippen molar-refractivity contribution in [2.75, 3.05) is 37.0 Å². The molecule has 1 atom stereocenters. The Morgan fingerprint density at radius 2 is 1.72 bits per heavy atom. The summed E-state index contributed by atoms with van der Waals surface area (Å²) in [5, 5.41) is 18.5. The van der Waals surface area contributed by atoms with Gasteiger partial charge in [-0.15, -0.1) is 0 Å². The van der Waals surface area contributed by atoms with Crippen molar-refractivity contribution in [3.05, 3.63) is 134 Å². The summed E-state index contributed by atoms with van der Waals surface area (Å²) >= 11 is 12.2. The highest BCUT2D eigenvalue weighted by Gasteiger charge is 2.32. The summed E-state index contributed by atoms with van der Waals surface area (Å²) in [6, 6.07) is 29.4. The maximum atomic E-state index is 15.1. The minimum atomic E-state index is -1.31. The SMILES string of the molecule is CC(C)N=c1cc2n(-c3ccc(Cl)cc3)c3ccccc3nc-2cc1Nc1ccc(Cl)cc1.COc1c(N2CCNC(C)C2)c(F)cc2c(=O)c(C(=O)O)cn(C3CC3)c12. The zero-order valence-corrected chi connectivity index (χ0v) is 35.1. The van der Waals surface area contributed by atoms with Gasteiger partial charge < -0.3 is 34.5 Å².